The van der Waals surface area contributed by atoms with Crippen molar-refractivity contribution in [1.82, 2.24) is 22.8 Å². The van der Waals surface area contributed by atoms with E-state index in [9.17, 15) is 0 Å². The summed E-state index contributed by atoms with van der Waals surface area (Å²) in [7, 11) is 0. The summed E-state index contributed by atoms with van der Waals surface area (Å²) in [5, 5.41) is 12.1. The van der Waals surface area contributed by atoms with E-state index in [1.54, 1.807) is 13.8 Å². The van der Waals surface area contributed by atoms with Gasteiger partial charge in [-0.25, -0.2) is 0 Å². The molecule has 25 aromatic rings. The van der Waals surface area contributed by atoms with Gasteiger partial charge in [-0.2, -0.15) is 0 Å². The first-order valence-corrected chi connectivity index (χ1v) is 49.7. The molecule has 25 rings (SSSR count). The Hall–Kier alpha value is -16.6. The van der Waals surface area contributed by atoms with Crippen LogP contribution in [0.4, 0.5) is 0 Å². The minimum atomic E-state index is -0.358. The summed E-state index contributed by atoms with van der Waals surface area (Å²) in [6.45, 7) is 30.6. The van der Waals surface area contributed by atoms with Crippen molar-refractivity contribution in [3.8, 4) is 95.2 Å². The van der Waals surface area contributed by atoms with Gasteiger partial charge in [0.2, 0.25) is 0 Å². The zero-order chi connectivity index (χ0) is 105. The molecular formula is C138H119N5. The molecule has 0 radical (unpaired) electrons. The SMILES string of the molecule is CC(C)(C)c1c(-c2ccccc2)ccc2c1c1c(-c3ccccc3)cccc1n2-c1ccccc1.CC(C)(C)c1c(-n2c3ccccc3c3ccccc32)ccc2c1c1c(-c3ccccc3)cccc1n2-c1ccccc1.[2H]c1c([2H])c(C)c([2H])c(-c2ccc3c(c2C(C)(C)C)c2c(-c4ccccc4)cccc2n3-c2ccccc2)c1[2H].[2H]c1c([2H])c(C)c([2H])c(-c2cccc3c2c2c(C(C)(C)C)cccc2n3-c2ccccc2)c1[2H]. The van der Waals surface area contributed by atoms with Gasteiger partial charge in [0.15, 0.2) is 0 Å². The highest BCUT2D eigenvalue weighted by Gasteiger charge is 2.34. The van der Waals surface area contributed by atoms with Crippen molar-refractivity contribution in [2.24, 2.45) is 0 Å². The van der Waals surface area contributed by atoms with Crippen LogP contribution in [-0.4, -0.2) is 22.8 Å². The van der Waals surface area contributed by atoms with Crippen molar-refractivity contribution >= 4 is 109 Å². The molecule has 0 fully saturated rings. The molecule has 20 aromatic carbocycles. The predicted octanol–water partition coefficient (Wildman–Crippen LogP) is 38.0. The van der Waals surface area contributed by atoms with Crippen LogP contribution in [0.5, 0.6) is 0 Å². The van der Waals surface area contributed by atoms with Gasteiger partial charge in [0.25, 0.3) is 0 Å². The lowest BCUT2D eigenvalue weighted by molar-refractivity contribution is 0.593. The maximum absolute atomic E-state index is 8.97. The summed E-state index contributed by atoms with van der Waals surface area (Å²) in [6.07, 6.45) is 0. The molecule has 5 nitrogen and oxygen atoms in total. The van der Waals surface area contributed by atoms with Crippen LogP contribution in [0, 0.1) is 13.8 Å². The number of para-hydroxylation sites is 6. The third-order valence-corrected chi connectivity index (χ3v) is 28.0. The summed E-state index contributed by atoms with van der Waals surface area (Å²) >= 11 is 0. The summed E-state index contributed by atoms with van der Waals surface area (Å²) in [5.74, 6) is 0. The summed E-state index contributed by atoms with van der Waals surface area (Å²) in [5.41, 5.74) is 34.7. The smallest absolute Gasteiger partial charge is 0.0632 e. The second kappa shape index (κ2) is 37.2. The van der Waals surface area contributed by atoms with E-state index in [2.05, 4.69) is 464 Å². The Kier molecular flexibility index (Phi) is 21.4. The van der Waals surface area contributed by atoms with Crippen LogP contribution in [0.15, 0.2) is 467 Å². The standard InChI is InChI=1S/C40H32N2.C35H31N.C34H29N.C29H27N/c1-40(2,3)39-36(42-32-22-12-10-19-30(32)31-20-11-13-23-33(31)42)26-25-35-38(39)37-29(27-15-6-4-7-16-27)21-14-24-34(37)41(35)28-17-8-5-9-18-28;1-24-13-11-16-26(23-24)29-21-22-31-33(34(29)35(2,3)4)32-28(25-14-7-5-8-15-25)19-12-20-30(32)36(31)27-17-9-6-10-18-27;1-34(2,3)33-28(25-16-9-5-10-17-25)22-23-30-32(33)31-27(24-14-7-4-8-15-24)20-13-21-29(31)35(30)26-18-11-6-12-19-26;1-20-11-8-12-21(19-20)23-15-9-17-25-27(23)28-24(29(2,3)4)16-10-18-26(28)30(25)22-13-6-5-7-14-22/h4-26H,1-3H3;5-23H,1-4H3;4-23H,1-3H3;5-19H,1-4H3/i;11D,13D,16D,23D;;8D,11D,12D,19D. The van der Waals surface area contributed by atoms with Crippen molar-refractivity contribution in [3.05, 3.63) is 500 Å². The Morgan fingerprint density at radius 1 is 0.182 bits per heavy atom. The topological polar surface area (TPSA) is 24.6 Å². The van der Waals surface area contributed by atoms with Crippen LogP contribution in [0.25, 0.3) is 204 Å². The first-order chi connectivity index (χ1) is 72.8. The van der Waals surface area contributed by atoms with E-state index >= 15 is 0 Å². The van der Waals surface area contributed by atoms with E-state index in [-0.39, 0.29) is 70.0 Å². The molecule has 0 N–H and O–H groups in total. The molecule has 0 saturated heterocycles. The lowest BCUT2D eigenvalue weighted by Gasteiger charge is -2.26. The van der Waals surface area contributed by atoms with Gasteiger partial charge in [0, 0.05) is 76.6 Å². The molecule has 0 spiro atoms. The fraction of sp³-hybridized carbons (Fsp3) is 0.130. The molecule has 5 heteroatoms. The molecular weight excluding hydrogens is 1730 g/mol. The molecule has 0 saturated carbocycles. The van der Waals surface area contributed by atoms with Crippen molar-refractivity contribution in [2.75, 3.05) is 0 Å². The molecule has 5 aromatic heterocycles. The van der Waals surface area contributed by atoms with Crippen molar-refractivity contribution in [3.63, 3.8) is 0 Å². The lowest BCUT2D eigenvalue weighted by Crippen LogP contribution is -2.16. The molecule has 0 unspecified atom stereocenters. The van der Waals surface area contributed by atoms with E-state index in [1.807, 2.05) is 60.7 Å². The second-order valence-electron chi connectivity index (χ2n) is 41.6. The van der Waals surface area contributed by atoms with Crippen molar-refractivity contribution in [2.45, 2.75) is 119 Å². The Morgan fingerprint density at radius 3 is 0.769 bits per heavy atom. The van der Waals surface area contributed by atoms with Gasteiger partial charge in [-0.3, -0.25) is 0 Å². The van der Waals surface area contributed by atoms with E-state index in [1.165, 1.54) is 133 Å². The van der Waals surface area contributed by atoms with Crippen LogP contribution in [0.2, 0.25) is 0 Å². The average Bonchev–Trinajstić information content (AvgIpc) is 1.57. The summed E-state index contributed by atoms with van der Waals surface area (Å²) < 4.78 is 80.6. The van der Waals surface area contributed by atoms with Crippen LogP contribution in [0.3, 0.4) is 0 Å². The van der Waals surface area contributed by atoms with Crippen LogP contribution >= 0.6 is 0 Å². The molecule has 0 aliphatic heterocycles. The molecule has 696 valence electrons. The van der Waals surface area contributed by atoms with E-state index in [0.29, 0.717) is 22.3 Å². The first kappa shape index (κ1) is 82.3. The maximum Gasteiger partial charge on any atom is 0.0632 e. The quantitative estimate of drug-likeness (QED) is 0.123. The van der Waals surface area contributed by atoms with Crippen molar-refractivity contribution in [1.29, 1.82) is 0 Å². The van der Waals surface area contributed by atoms with E-state index in [4.69, 9.17) is 11.0 Å². The number of fused-ring (bicyclic) bond motifs is 15. The Morgan fingerprint density at radius 2 is 0.434 bits per heavy atom. The number of hydrogen-bond acceptors (Lipinski definition) is 0. The second-order valence-corrected chi connectivity index (χ2v) is 41.6. The van der Waals surface area contributed by atoms with Crippen LogP contribution in [-0.2, 0) is 21.7 Å². The van der Waals surface area contributed by atoms with Crippen LogP contribution in [0.1, 0.15) is 127 Å². The minimum absolute atomic E-state index is 0.0481. The van der Waals surface area contributed by atoms with Gasteiger partial charge in [0.05, 0.1) is 71.8 Å². The number of aromatic nitrogens is 5. The first-order valence-electron chi connectivity index (χ1n) is 53.7. The van der Waals surface area contributed by atoms with E-state index in [0.717, 1.165) is 82.8 Å². The highest BCUT2D eigenvalue weighted by Crippen LogP contribution is 2.53. The predicted molar refractivity (Wildman–Crippen MR) is 614 cm³/mol. The highest BCUT2D eigenvalue weighted by molar-refractivity contribution is 6.23. The Balaban J connectivity index is 0.000000114. The number of nitrogens with zero attached hydrogens (tertiary/aromatic N) is 5. The zero-order valence-electron chi connectivity index (χ0n) is 91.6. The number of benzene rings is 20. The van der Waals surface area contributed by atoms with Gasteiger partial charge < -0.3 is 22.8 Å². The normalized spacial score (nSPS) is 12.8. The van der Waals surface area contributed by atoms with Crippen molar-refractivity contribution < 1.29 is 11.0 Å². The fourth-order valence-corrected chi connectivity index (χ4v) is 22.3. The molecule has 5 heterocycles. The highest BCUT2D eigenvalue weighted by atomic mass is 15.0. The third kappa shape index (κ3) is 16.7. The van der Waals surface area contributed by atoms with Gasteiger partial charge in [0.1, 0.15) is 0 Å². The molecule has 0 aliphatic rings. The molecule has 143 heavy (non-hydrogen) atoms. The average molecular weight is 1860 g/mol. The number of rotatable bonds is 11. The summed E-state index contributed by atoms with van der Waals surface area (Å²) in [4.78, 5) is 0. The molecule has 0 aliphatic carbocycles. The maximum atomic E-state index is 8.97. The zero-order valence-corrected chi connectivity index (χ0v) is 83.6. The summed E-state index contributed by atoms with van der Waals surface area (Å²) in [6, 6.07) is 148. The third-order valence-electron chi connectivity index (χ3n) is 28.0. The lowest BCUT2D eigenvalue weighted by atomic mass is 9.78. The van der Waals surface area contributed by atoms with Gasteiger partial charge in [-0.15, -0.1) is 0 Å². The molecule has 0 amide bonds. The monoisotopic (exact) mass is 1850 g/mol. The van der Waals surface area contributed by atoms with Gasteiger partial charge in [-0.1, -0.05) is 446 Å². The Bertz CT molecular complexity index is 9480. The van der Waals surface area contributed by atoms with Crippen LogP contribution < -0.4 is 0 Å². The fourth-order valence-electron chi connectivity index (χ4n) is 22.3. The largest absolute Gasteiger partial charge is 0.309 e. The molecule has 0 bridgehead atoms. The van der Waals surface area contributed by atoms with Gasteiger partial charge in [-0.05, 0) is 240 Å². The van der Waals surface area contributed by atoms with Gasteiger partial charge >= 0.3 is 0 Å². The Labute approximate surface area is 851 Å². The number of hydrogen-bond donors (Lipinski definition) is 0. The molecule has 0 atom stereocenters. The van der Waals surface area contributed by atoms with E-state index < -0.39 is 0 Å². The minimum Gasteiger partial charge on any atom is -0.309 e.